The van der Waals surface area contributed by atoms with Gasteiger partial charge < -0.3 is 10.1 Å². The highest BCUT2D eigenvalue weighted by Crippen LogP contribution is 2.12. The van der Waals surface area contributed by atoms with E-state index in [0.717, 1.165) is 17.7 Å². The van der Waals surface area contributed by atoms with Gasteiger partial charge in [0.1, 0.15) is 11.4 Å². The minimum Gasteiger partial charge on any atom is -0.497 e. The minimum atomic E-state index is -0.150. The summed E-state index contributed by atoms with van der Waals surface area (Å²) in [6.07, 6.45) is 2.37. The summed E-state index contributed by atoms with van der Waals surface area (Å²) >= 11 is 0. The Kier molecular flexibility index (Phi) is 4.50. The quantitative estimate of drug-likeness (QED) is 0.891. The summed E-state index contributed by atoms with van der Waals surface area (Å²) in [5.41, 5.74) is 1.56. The number of methoxy groups -OCH3 is 1. The monoisotopic (exact) mass is 256 g/mol. The highest BCUT2D eigenvalue weighted by molar-refractivity contribution is 5.92. The van der Waals surface area contributed by atoms with Crippen LogP contribution in [0.15, 0.2) is 48.7 Å². The molecule has 0 aliphatic carbocycles. The van der Waals surface area contributed by atoms with Gasteiger partial charge in [0.05, 0.1) is 7.11 Å². The standard InChI is InChI=1S/C15H16N2O2/c1-19-13-6-4-5-12(11-13)8-10-17-15(18)14-7-2-3-9-16-14/h2-7,9,11H,8,10H2,1H3,(H,17,18). The summed E-state index contributed by atoms with van der Waals surface area (Å²) in [6.45, 7) is 0.572. The summed E-state index contributed by atoms with van der Waals surface area (Å²) < 4.78 is 5.15. The van der Waals surface area contributed by atoms with E-state index in [4.69, 9.17) is 4.74 Å². The van der Waals surface area contributed by atoms with E-state index in [1.165, 1.54) is 0 Å². The van der Waals surface area contributed by atoms with Gasteiger partial charge in [-0.05, 0) is 36.2 Å². The van der Waals surface area contributed by atoms with Crippen LogP contribution in [0.5, 0.6) is 5.75 Å². The fourth-order valence-corrected chi connectivity index (χ4v) is 1.74. The van der Waals surface area contributed by atoms with Crippen molar-refractivity contribution in [3.63, 3.8) is 0 Å². The molecule has 0 unspecified atom stereocenters. The maximum Gasteiger partial charge on any atom is 0.269 e. The molecule has 0 fully saturated rings. The van der Waals surface area contributed by atoms with Crippen molar-refractivity contribution in [2.24, 2.45) is 0 Å². The lowest BCUT2D eigenvalue weighted by atomic mass is 10.1. The van der Waals surface area contributed by atoms with Gasteiger partial charge in [0.15, 0.2) is 0 Å². The van der Waals surface area contributed by atoms with E-state index < -0.39 is 0 Å². The minimum absolute atomic E-state index is 0.150. The van der Waals surface area contributed by atoms with Gasteiger partial charge in [-0.3, -0.25) is 9.78 Å². The number of nitrogens with zero attached hydrogens (tertiary/aromatic N) is 1. The third kappa shape index (κ3) is 3.81. The SMILES string of the molecule is COc1cccc(CCNC(=O)c2ccccn2)c1. The van der Waals surface area contributed by atoms with E-state index in [0.29, 0.717) is 12.2 Å². The molecule has 19 heavy (non-hydrogen) atoms. The first-order valence-electron chi connectivity index (χ1n) is 6.12. The molecule has 1 amide bonds. The van der Waals surface area contributed by atoms with Gasteiger partial charge in [-0.25, -0.2) is 0 Å². The number of nitrogens with one attached hydrogen (secondary N) is 1. The zero-order valence-corrected chi connectivity index (χ0v) is 10.8. The molecule has 4 nitrogen and oxygen atoms in total. The van der Waals surface area contributed by atoms with Crippen LogP contribution in [0, 0.1) is 0 Å². The van der Waals surface area contributed by atoms with Crippen LogP contribution >= 0.6 is 0 Å². The topological polar surface area (TPSA) is 51.2 Å². The molecule has 0 saturated carbocycles. The van der Waals surface area contributed by atoms with Crippen LogP contribution in [0.25, 0.3) is 0 Å². The lowest BCUT2D eigenvalue weighted by Gasteiger charge is -2.06. The Morgan fingerprint density at radius 2 is 2.16 bits per heavy atom. The highest BCUT2D eigenvalue weighted by Gasteiger charge is 2.05. The van der Waals surface area contributed by atoms with E-state index in [-0.39, 0.29) is 5.91 Å². The number of pyridine rings is 1. The molecular formula is C15H16N2O2. The first kappa shape index (κ1) is 13.1. The number of hydrogen-bond acceptors (Lipinski definition) is 3. The van der Waals surface area contributed by atoms with Gasteiger partial charge >= 0.3 is 0 Å². The maximum absolute atomic E-state index is 11.8. The molecule has 0 aliphatic rings. The molecule has 2 aromatic rings. The Bertz CT molecular complexity index is 541. The smallest absolute Gasteiger partial charge is 0.269 e. The molecule has 0 saturated heterocycles. The van der Waals surface area contributed by atoms with Gasteiger partial charge in [-0.2, -0.15) is 0 Å². The van der Waals surface area contributed by atoms with E-state index in [1.54, 1.807) is 31.5 Å². The Morgan fingerprint density at radius 3 is 2.89 bits per heavy atom. The van der Waals surface area contributed by atoms with Crippen molar-refractivity contribution >= 4 is 5.91 Å². The Labute approximate surface area is 112 Å². The zero-order chi connectivity index (χ0) is 13.5. The van der Waals surface area contributed by atoms with Crippen LogP contribution in [-0.2, 0) is 6.42 Å². The van der Waals surface area contributed by atoms with Crippen molar-refractivity contribution in [1.29, 1.82) is 0 Å². The molecule has 98 valence electrons. The molecule has 1 aromatic heterocycles. The van der Waals surface area contributed by atoms with E-state index in [2.05, 4.69) is 10.3 Å². The molecule has 4 heteroatoms. The van der Waals surface area contributed by atoms with Crippen molar-refractivity contribution in [3.8, 4) is 5.75 Å². The van der Waals surface area contributed by atoms with Crippen LogP contribution in [0.2, 0.25) is 0 Å². The Morgan fingerprint density at radius 1 is 1.26 bits per heavy atom. The van der Waals surface area contributed by atoms with Crippen LogP contribution in [0.4, 0.5) is 0 Å². The first-order chi connectivity index (χ1) is 9.29. The summed E-state index contributed by atoms with van der Waals surface area (Å²) in [5, 5.41) is 2.84. The van der Waals surface area contributed by atoms with Gasteiger partial charge in [0.2, 0.25) is 0 Å². The van der Waals surface area contributed by atoms with E-state index >= 15 is 0 Å². The largest absolute Gasteiger partial charge is 0.497 e. The maximum atomic E-state index is 11.8. The predicted molar refractivity (Wildman–Crippen MR) is 73.3 cm³/mol. The van der Waals surface area contributed by atoms with E-state index in [9.17, 15) is 4.79 Å². The van der Waals surface area contributed by atoms with Crippen molar-refractivity contribution in [3.05, 3.63) is 59.9 Å². The van der Waals surface area contributed by atoms with Gasteiger partial charge in [0, 0.05) is 12.7 Å². The molecule has 0 radical (unpaired) electrons. The number of ether oxygens (including phenoxy) is 1. The number of benzene rings is 1. The average Bonchev–Trinajstić information content (AvgIpc) is 2.48. The summed E-state index contributed by atoms with van der Waals surface area (Å²) in [7, 11) is 1.64. The molecule has 2 rings (SSSR count). The normalized spacial score (nSPS) is 9.95. The Hall–Kier alpha value is -2.36. The number of amides is 1. The second-order valence-electron chi connectivity index (χ2n) is 4.07. The fourth-order valence-electron chi connectivity index (χ4n) is 1.74. The third-order valence-corrected chi connectivity index (χ3v) is 2.73. The molecule has 0 atom stereocenters. The Balaban J connectivity index is 1.85. The molecule has 0 bridgehead atoms. The molecule has 1 aromatic carbocycles. The number of carbonyl (C=O) groups is 1. The second kappa shape index (κ2) is 6.54. The number of hydrogen-bond donors (Lipinski definition) is 1. The van der Waals surface area contributed by atoms with Gasteiger partial charge in [0.25, 0.3) is 5.91 Å². The fraction of sp³-hybridized carbons (Fsp3) is 0.200. The lowest BCUT2D eigenvalue weighted by Crippen LogP contribution is -2.26. The highest BCUT2D eigenvalue weighted by atomic mass is 16.5. The summed E-state index contributed by atoms with van der Waals surface area (Å²) in [4.78, 5) is 15.8. The molecular weight excluding hydrogens is 240 g/mol. The zero-order valence-electron chi connectivity index (χ0n) is 10.8. The van der Waals surface area contributed by atoms with Crippen molar-refractivity contribution < 1.29 is 9.53 Å². The third-order valence-electron chi connectivity index (χ3n) is 2.73. The predicted octanol–water partition coefficient (Wildman–Crippen LogP) is 2.06. The van der Waals surface area contributed by atoms with Crippen molar-refractivity contribution in [2.75, 3.05) is 13.7 Å². The molecule has 1 N–H and O–H groups in total. The van der Waals surface area contributed by atoms with Gasteiger partial charge in [-0.15, -0.1) is 0 Å². The van der Waals surface area contributed by atoms with Crippen LogP contribution in [-0.4, -0.2) is 24.5 Å². The van der Waals surface area contributed by atoms with Crippen molar-refractivity contribution in [1.82, 2.24) is 10.3 Å². The number of aromatic nitrogens is 1. The lowest BCUT2D eigenvalue weighted by molar-refractivity contribution is 0.0949. The van der Waals surface area contributed by atoms with Crippen LogP contribution < -0.4 is 10.1 Å². The molecule has 0 spiro atoms. The van der Waals surface area contributed by atoms with Crippen LogP contribution in [0.3, 0.4) is 0 Å². The summed E-state index contributed by atoms with van der Waals surface area (Å²) in [6, 6.07) is 13.1. The number of rotatable bonds is 5. The second-order valence-corrected chi connectivity index (χ2v) is 4.07. The van der Waals surface area contributed by atoms with Crippen molar-refractivity contribution in [2.45, 2.75) is 6.42 Å². The first-order valence-corrected chi connectivity index (χ1v) is 6.12. The molecule has 1 heterocycles. The average molecular weight is 256 g/mol. The molecule has 0 aliphatic heterocycles. The number of carbonyl (C=O) groups excluding carboxylic acids is 1. The summed E-state index contributed by atoms with van der Waals surface area (Å²) in [5.74, 6) is 0.678. The van der Waals surface area contributed by atoms with Gasteiger partial charge in [-0.1, -0.05) is 18.2 Å². The van der Waals surface area contributed by atoms with E-state index in [1.807, 2.05) is 24.3 Å². The van der Waals surface area contributed by atoms with Crippen LogP contribution in [0.1, 0.15) is 16.1 Å².